The van der Waals surface area contributed by atoms with E-state index in [0.717, 1.165) is 23.4 Å². The lowest BCUT2D eigenvalue weighted by molar-refractivity contribution is -0.383. The highest BCUT2D eigenvalue weighted by molar-refractivity contribution is 6.37. The van der Waals surface area contributed by atoms with Gasteiger partial charge in [-0.2, -0.15) is 0 Å². The van der Waals surface area contributed by atoms with Crippen LogP contribution in [0.3, 0.4) is 0 Å². The van der Waals surface area contributed by atoms with E-state index < -0.39 is 4.92 Å². The second kappa shape index (κ2) is 8.52. The SMILES string of the molecule is CN(C)Cc1ccc(NC(=C2C(=O)Nc3ccccc32)c2ccc(N)c([N+](=O)[O-])c2)cc1. The third-order valence-corrected chi connectivity index (χ3v) is 5.16. The Morgan fingerprint density at radius 1 is 1.09 bits per heavy atom. The summed E-state index contributed by atoms with van der Waals surface area (Å²) >= 11 is 0. The minimum Gasteiger partial charge on any atom is -0.393 e. The van der Waals surface area contributed by atoms with E-state index in [1.165, 1.54) is 12.1 Å². The molecule has 0 saturated carbocycles. The molecule has 3 aromatic rings. The van der Waals surface area contributed by atoms with Crippen LogP contribution in [-0.2, 0) is 11.3 Å². The predicted octanol–water partition coefficient (Wildman–Crippen LogP) is 4.17. The number of nitrogens with zero attached hydrogens (tertiary/aromatic N) is 2. The molecule has 0 saturated heterocycles. The minimum atomic E-state index is -0.528. The van der Waals surface area contributed by atoms with Crippen molar-refractivity contribution in [3.05, 3.63) is 93.5 Å². The summed E-state index contributed by atoms with van der Waals surface area (Å²) in [6.45, 7) is 0.800. The molecule has 1 amide bonds. The van der Waals surface area contributed by atoms with Gasteiger partial charge < -0.3 is 21.3 Å². The zero-order chi connectivity index (χ0) is 22.8. The average Bonchev–Trinajstić information content (AvgIpc) is 3.08. The van der Waals surface area contributed by atoms with Crippen molar-refractivity contribution in [1.82, 2.24) is 4.90 Å². The molecule has 0 spiro atoms. The average molecular weight is 429 g/mol. The van der Waals surface area contributed by atoms with Crippen molar-refractivity contribution in [2.75, 3.05) is 30.5 Å². The van der Waals surface area contributed by atoms with Crippen molar-refractivity contribution in [1.29, 1.82) is 0 Å². The number of para-hydroxylation sites is 1. The van der Waals surface area contributed by atoms with Gasteiger partial charge in [-0.25, -0.2) is 0 Å². The number of nitro benzene ring substituents is 1. The first-order chi connectivity index (χ1) is 15.3. The lowest BCUT2D eigenvalue weighted by Crippen LogP contribution is -2.11. The van der Waals surface area contributed by atoms with Crippen LogP contribution in [0.2, 0.25) is 0 Å². The number of nitrogens with one attached hydrogen (secondary N) is 2. The lowest BCUT2D eigenvalue weighted by Gasteiger charge is -2.16. The summed E-state index contributed by atoms with van der Waals surface area (Å²) in [5.41, 5.74) is 10.3. The Balaban J connectivity index is 1.84. The molecule has 0 unspecified atom stereocenters. The van der Waals surface area contributed by atoms with Crippen LogP contribution in [0.25, 0.3) is 11.3 Å². The highest BCUT2D eigenvalue weighted by atomic mass is 16.6. The number of anilines is 3. The fourth-order valence-electron chi connectivity index (χ4n) is 3.70. The molecule has 0 fully saturated rings. The van der Waals surface area contributed by atoms with Crippen LogP contribution in [0, 0.1) is 10.1 Å². The predicted molar refractivity (Wildman–Crippen MR) is 127 cm³/mol. The number of fused-ring (bicyclic) bond motifs is 1. The van der Waals surface area contributed by atoms with Gasteiger partial charge in [-0.1, -0.05) is 36.4 Å². The normalized spacial score (nSPS) is 14.2. The number of amides is 1. The fourth-order valence-corrected chi connectivity index (χ4v) is 3.70. The van der Waals surface area contributed by atoms with E-state index in [1.807, 2.05) is 62.6 Å². The fraction of sp³-hybridized carbons (Fsp3) is 0.125. The minimum absolute atomic E-state index is 0.0624. The molecule has 1 aliphatic heterocycles. The van der Waals surface area contributed by atoms with Gasteiger partial charge >= 0.3 is 0 Å². The zero-order valence-electron chi connectivity index (χ0n) is 17.8. The Bertz CT molecular complexity index is 1230. The first-order valence-electron chi connectivity index (χ1n) is 10.0. The van der Waals surface area contributed by atoms with Gasteiger partial charge in [0.25, 0.3) is 11.6 Å². The number of carbonyl (C=O) groups is 1. The van der Waals surface area contributed by atoms with E-state index in [2.05, 4.69) is 15.5 Å². The molecule has 162 valence electrons. The molecule has 0 aliphatic carbocycles. The number of rotatable bonds is 6. The Kier molecular flexibility index (Phi) is 5.61. The second-order valence-corrected chi connectivity index (χ2v) is 7.84. The molecule has 32 heavy (non-hydrogen) atoms. The van der Waals surface area contributed by atoms with Crippen LogP contribution in [-0.4, -0.2) is 29.8 Å². The third-order valence-electron chi connectivity index (χ3n) is 5.16. The highest BCUT2D eigenvalue weighted by Gasteiger charge is 2.29. The molecule has 8 heteroatoms. The van der Waals surface area contributed by atoms with Crippen molar-refractivity contribution in [3.8, 4) is 0 Å². The first-order valence-corrected chi connectivity index (χ1v) is 10.0. The maximum Gasteiger partial charge on any atom is 0.292 e. The monoisotopic (exact) mass is 429 g/mol. The third kappa shape index (κ3) is 4.17. The second-order valence-electron chi connectivity index (χ2n) is 7.84. The van der Waals surface area contributed by atoms with Crippen LogP contribution in [0.5, 0.6) is 0 Å². The van der Waals surface area contributed by atoms with Gasteiger partial charge in [-0.05, 0) is 43.9 Å². The Hall–Kier alpha value is -4.17. The van der Waals surface area contributed by atoms with Crippen LogP contribution in [0.1, 0.15) is 16.7 Å². The van der Waals surface area contributed by atoms with Crippen molar-refractivity contribution >= 4 is 39.9 Å². The number of benzene rings is 3. The smallest absolute Gasteiger partial charge is 0.292 e. The van der Waals surface area contributed by atoms with E-state index in [1.54, 1.807) is 6.07 Å². The number of carbonyl (C=O) groups excluding carboxylic acids is 1. The van der Waals surface area contributed by atoms with Crippen LogP contribution in [0.15, 0.2) is 66.7 Å². The quantitative estimate of drug-likeness (QED) is 0.235. The standard InChI is InChI=1S/C24H23N5O3/c1-28(2)14-15-7-10-17(11-8-15)26-23(16-9-12-19(25)21(13-16)29(31)32)22-18-5-3-4-6-20(18)27-24(22)30/h3-13,26H,14,25H2,1-2H3,(H,27,30). The van der Waals surface area contributed by atoms with Gasteiger partial charge in [0.05, 0.1) is 16.2 Å². The maximum absolute atomic E-state index is 12.9. The van der Waals surface area contributed by atoms with Gasteiger partial charge in [0.15, 0.2) is 0 Å². The molecule has 0 bridgehead atoms. The Labute approximate surface area is 185 Å². The summed E-state index contributed by atoms with van der Waals surface area (Å²) in [5, 5.41) is 17.6. The van der Waals surface area contributed by atoms with E-state index in [0.29, 0.717) is 22.5 Å². The molecule has 1 heterocycles. The summed E-state index contributed by atoms with van der Waals surface area (Å²) in [6.07, 6.45) is 0. The topological polar surface area (TPSA) is 114 Å². The molecular weight excluding hydrogens is 406 g/mol. The van der Waals surface area contributed by atoms with E-state index >= 15 is 0 Å². The first kappa shape index (κ1) is 21.1. The molecule has 4 rings (SSSR count). The zero-order valence-corrected chi connectivity index (χ0v) is 17.8. The van der Waals surface area contributed by atoms with Crippen molar-refractivity contribution < 1.29 is 9.72 Å². The Morgan fingerprint density at radius 2 is 1.81 bits per heavy atom. The van der Waals surface area contributed by atoms with Crippen molar-refractivity contribution in [2.24, 2.45) is 0 Å². The lowest BCUT2D eigenvalue weighted by atomic mass is 9.99. The number of nitrogens with two attached hydrogens (primary N) is 1. The molecule has 0 radical (unpaired) electrons. The molecule has 1 aliphatic rings. The van der Waals surface area contributed by atoms with Gasteiger partial charge in [-0.3, -0.25) is 14.9 Å². The van der Waals surface area contributed by atoms with Crippen LogP contribution in [0.4, 0.5) is 22.7 Å². The molecule has 0 aromatic heterocycles. The van der Waals surface area contributed by atoms with Crippen LogP contribution >= 0.6 is 0 Å². The van der Waals surface area contributed by atoms with Crippen LogP contribution < -0.4 is 16.4 Å². The summed E-state index contributed by atoms with van der Waals surface area (Å²) in [6, 6.07) is 19.7. The molecule has 4 N–H and O–H groups in total. The Morgan fingerprint density at radius 3 is 2.50 bits per heavy atom. The van der Waals surface area contributed by atoms with Gasteiger partial charge in [0.1, 0.15) is 5.69 Å². The number of nitro groups is 1. The van der Waals surface area contributed by atoms with Gasteiger partial charge in [0.2, 0.25) is 0 Å². The van der Waals surface area contributed by atoms with Gasteiger partial charge in [0, 0.05) is 35.1 Å². The molecule has 0 atom stereocenters. The highest BCUT2D eigenvalue weighted by Crippen LogP contribution is 2.38. The molecular formula is C24H23N5O3. The maximum atomic E-state index is 12.9. The summed E-state index contributed by atoms with van der Waals surface area (Å²) in [5.74, 6) is -0.280. The van der Waals surface area contributed by atoms with E-state index in [-0.39, 0.29) is 17.3 Å². The van der Waals surface area contributed by atoms with E-state index in [9.17, 15) is 14.9 Å². The summed E-state index contributed by atoms with van der Waals surface area (Å²) in [7, 11) is 4.00. The number of nitrogen functional groups attached to an aromatic ring is 1. The number of hydrogen-bond donors (Lipinski definition) is 3. The van der Waals surface area contributed by atoms with Crippen molar-refractivity contribution in [2.45, 2.75) is 6.54 Å². The molecule has 3 aromatic carbocycles. The summed E-state index contributed by atoms with van der Waals surface area (Å²) in [4.78, 5) is 25.9. The number of hydrogen-bond acceptors (Lipinski definition) is 6. The summed E-state index contributed by atoms with van der Waals surface area (Å²) < 4.78 is 0. The largest absolute Gasteiger partial charge is 0.393 e. The van der Waals surface area contributed by atoms with Gasteiger partial charge in [-0.15, -0.1) is 0 Å². The van der Waals surface area contributed by atoms with E-state index in [4.69, 9.17) is 5.73 Å². The van der Waals surface area contributed by atoms with Crippen molar-refractivity contribution in [3.63, 3.8) is 0 Å². The molecule has 8 nitrogen and oxygen atoms in total.